The molecule has 1 aliphatic rings. The Morgan fingerprint density at radius 2 is 1.38 bits per heavy atom. The quantitative estimate of drug-likeness (QED) is 0.150. The van der Waals surface area contributed by atoms with Gasteiger partial charge in [0.1, 0.15) is 15.5 Å². The lowest BCUT2D eigenvalue weighted by Gasteiger charge is -2.34. The molecule has 0 spiro atoms. The predicted molar refractivity (Wildman–Crippen MR) is 197 cm³/mol. The van der Waals surface area contributed by atoms with Gasteiger partial charge in [0.2, 0.25) is 10.0 Å². The lowest BCUT2D eigenvalue weighted by Crippen LogP contribution is -2.45. The van der Waals surface area contributed by atoms with E-state index in [4.69, 9.17) is 9.47 Å². The van der Waals surface area contributed by atoms with E-state index < -0.39 is 67.2 Å². The van der Waals surface area contributed by atoms with Gasteiger partial charge in [0, 0.05) is 41.7 Å². The number of sulfonamides is 1. The van der Waals surface area contributed by atoms with Crippen LogP contribution in [-0.2, 0) is 50.4 Å². The van der Waals surface area contributed by atoms with Crippen molar-refractivity contribution in [1.82, 2.24) is 9.62 Å². The SMILES string of the molecule is COc1ccc(C(=O)NC(C)(c2cccc(S(=O)(=O)O)c2)c2ccc(NC(=O)c3ccc(S(C)(=O)=O)cc3)cc2S(=O)(=O)O)cc1S(=O)(=O)N1CCOCC1. The van der Waals surface area contributed by atoms with E-state index in [0.29, 0.717) is 0 Å². The van der Waals surface area contributed by atoms with Crippen molar-refractivity contribution in [2.75, 3.05) is 45.0 Å². The number of carbonyl (C=O) groups is 2. The molecule has 55 heavy (non-hydrogen) atoms. The van der Waals surface area contributed by atoms with Crippen LogP contribution in [0.3, 0.4) is 0 Å². The van der Waals surface area contributed by atoms with Gasteiger partial charge in [-0.3, -0.25) is 18.7 Å². The summed E-state index contributed by atoms with van der Waals surface area (Å²) in [6.07, 6.45) is 0.987. The fourth-order valence-corrected chi connectivity index (χ4v) is 9.36. The highest BCUT2D eigenvalue weighted by Gasteiger charge is 2.38. The molecule has 1 aliphatic heterocycles. The van der Waals surface area contributed by atoms with Crippen molar-refractivity contribution in [3.63, 3.8) is 0 Å². The van der Waals surface area contributed by atoms with Gasteiger partial charge in [-0.25, -0.2) is 16.8 Å². The van der Waals surface area contributed by atoms with E-state index in [1.54, 1.807) is 0 Å². The fraction of sp³-hybridized carbons (Fsp3) is 0.235. The Balaban J connectivity index is 1.62. The van der Waals surface area contributed by atoms with Crippen LogP contribution in [0.1, 0.15) is 38.8 Å². The first kappa shape index (κ1) is 41.4. The van der Waals surface area contributed by atoms with Gasteiger partial charge in [-0.05, 0) is 79.2 Å². The number of benzene rings is 4. The zero-order valence-electron chi connectivity index (χ0n) is 29.3. The van der Waals surface area contributed by atoms with Crippen molar-refractivity contribution >= 4 is 57.6 Å². The Bertz CT molecular complexity index is 2610. The molecule has 2 amide bonds. The largest absolute Gasteiger partial charge is 0.495 e. The van der Waals surface area contributed by atoms with Gasteiger partial charge in [-0.2, -0.15) is 21.1 Å². The van der Waals surface area contributed by atoms with E-state index in [1.807, 2.05) is 0 Å². The van der Waals surface area contributed by atoms with Crippen molar-refractivity contribution in [3.05, 3.63) is 107 Å². The van der Waals surface area contributed by atoms with Crippen LogP contribution in [0.2, 0.25) is 0 Å². The van der Waals surface area contributed by atoms with Crippen LogP contribution in [0.25, 0.3) is 0 Å². The highest BCUT2D eigenvalue weighted by atomic mass is 32.2. The van der Waals surface area contributed by atoms with Crippen LogP contribution in [0.15, 0.2) is 105 Å². The van der Waals surface area contributed by atoms with Crippen molar-refractivity contribution in [1.29, 1.82) is 0 Å². The maximum Gasteiger partial charge on any atom is 0.294 e. The highest BCUT2D eigenvalue weighted by Crippen LogP contribution is 2.37. The first-order valence-corrected chi connectivity index (χ1v) is 22.2. The zero-order valence-corrected chi connectivity index (χ0v) is 32.6. The summed E-state index contributed by atoms with van der Waals surface area (Å²) in [5, 5.41) is 5.09. The van der Waals surface area contributed by atoms with Crippen molar-refractivity contribution < 1.29 is 61.8 Å². The van der Waals surface area contributed by atoms with Gasteiger partial charge in [-0.1, -0.05) is 18.2 Å². The molecule has 4 N–H and O–H groups in total. The van der Waals surface area contributed by atoms with Crippen LogP contribution < -0.4 is 15.4 Å². The smallest absolute Gasteiger partial charge is 0.294 e. The minimum atomic E-state index is -5.20. The first-order valence-electron chi connectivity index (χ1n) is 16.0. The molecule has 5 rings (SSSR count). The molecule has 17 nitrogen and oxygen atoms in total. The Morgan fingerprint density at radius 3 is 1.96 bits per heavy atom. The molecule has 1 saturated heterocycles. The van der Waals surface area contributed by atoms with Gasteiger partial charge < -0.3 is 20.1 Å². The monoisotopic (exact) mass is 837 g/mol. The topological polar surface area (TPSA) is 257 Å². The third-order valence-electron chi connectivity index (χ3n) is 8.69. The fourth-order valence-electron chi connectivity index (χ4n) is 5.79. The molecule has 1 heterocycles. The van der Waals surface area contributed by atoms with Gasteiger partial charge >= 0.3 is 0 Å². The molecular weight excluding hydrogens is 803 g/mol. The van der Waals surface area contributed by atoms with Crippen LogP contribution in [0.5, 0.6) is 5.75 Å². The molecule has 1 atom stereocenters. The number of nitrogens with zero attached hydrogens (tertiary/aromatic N) is 1. The van der Waals surface area contributed by atoms with Gasteiger partial charge in [-0.15, -0.1) is 0 Å². The Hall–Kier alpha value is -4.74. The van der Waals surface area contributed by atoms with Crippen LogP contribution in [0, 0.1) is 0 Å². The third kappa shape index (κ3) is 9.05. The van der Waals surface area contributed by atoms with Gasteiger partial charge in [0.25, 0.3) is 32.1 Å². The summed E-state index contributed by atoms with van der Waals surface area (Å²) in [6, 6.07) is 16.2. The summed E-state index contributed by atoms with van der Waals surface area (Å²) >= 11 is 0. The number of methoxy groups -OCH3 is 1. The lowest BCUT2D eigenvalue weighted by molar-refractivity contribution is 0.0729. The number of hydrogen-bond donors (Lipinski definition) is 4. The van der Waals surface area contributed by atoms with E-state index in [9.17, 15) is 52.4 Å². The number of hydrogen-bond acceptors (Lipinski definition) is 12. The summed E-state index contributed by atoms with van der Waals surface area (Å²) in [7, 11) is -16.6. The minimum Gasteiger partial charge on any atom is -0.495 e. The second-order valence-corrected chi connectivity index (χ2v) is 19.1. The van der Waals surface area contributed by atoms with Gasteiger partial charge in [0.05, 0.1) is 35.7 Å². The Kier molecular flexibility index (Phi) is 11.6. The molecule has 1 unspecified atom stereocenters. The molecule has 4 aromatic carbocycles. The average molecular weight is 838 g/mol. The standard InChI is InChI=1S/C34H35N3O14S4/c1-34(24-5-4-6-27(20-24)54(44,45)46,36-33(39)23-9-14-29(50-2)31(19-23)53(42,43)37-15-17-51-18-16-37)28-13-10-25(21-30(28)55(47,48)49)35-32(38)22-7-11-26(12-8-22)52(3,40)41/h4-14,19-21H,15-18H2,1-3H3,(H,35,38)(H,36,39)(H,44,45,46)(H,47,48,49). The number of anilines is 1. The second-order valence-electron chi connectivity index (χ2n) is 12.4. The van der Waals surface area contributed by atoms with Crippen molar-refractivity contribution in [2.24, 2.45) is 0 Å². The van der Waals surface area contributed by atoms with E-state index in [2.05, 4.69) is 10.6 Å². The summed E-state index contributed by atoms with van der Waals surface area (Å²) in [4.78, 5) is 25.3. The molecule has 0 aromatic heterocycles. The Morgan fingerprint density at radius 1 is 0.745 bits per heavy atom. The number of rotatable bonds is 12. The molecule has 294 valence electrons. The molecule has 21 heteroatoms. The van der Waals surface area contributed by atoms with Crippen LogP contribution in [-0.4, -0.2) is 98.6 Å². The summed E-state index contributed by atoms with van der Waals surface area (Å²) in [5.41, 5.74) is -2.94. The van der Waals surface area contributed by atoms with E-state index in [1.165, 1.54) is 68.6 Å². The molecular formula is C34H35N3O14S4. The Labute approximate surface area is 317 Å². The van der Waals surface area contributed by atoms with Crippen molar-refractivity contribution in [3.8, 4) is 5.75 Å². The summed E-state index contributed by atoms with van der Waals surface area (Å²) < 4.78 is 133. The molecule has 0 radical (unpaired) electrons. The molecule has 0 bridgehead atoms. The molecule has 0 saturated carbocycles. The third-order valence-corrected chi connectivity index (χ3v) is 13.5. The number of nitrogens with one attached hydrogen (secondary N) is 2. The number of carbonyl (C=O) groups excluding carboxylic acids is 2. The molecule has 1 fully saturated rings. The first-order chi connectivity index (χ1) is 25.6. The van der Waals surface area contributed by atoms with E-state index in [-0.39, 0.29) is 69.8 Å². The van der Waals surface area contributed by atoms with E-state index >= 15 is 0 Å². The predicted octanol–water partition coefficient (Wildman–Crippen LogP) is 2.56. The average Bonchev–Trinajstić information content (AvgIpc) is 3.13. The second kappa shape index (κ2) is 15.4. The van der Waals surface area contributed by atoms with Crippen LogP contribution in [0.4, 0.5) is 5.69 Å². The maximum absolute atomic E-state index is 14.1. The van der Waals surface area contributed by atoms with Crippen LogP contribution >= 0.6 is 0 Å². The lowest BCUT2D eigenvalue weighted by atomic mass is 9.84. The summed E-state index contributed by atoms with van der Waals surface area (Å²) in [5.74, 6) is -1.85. The number of morpholine rings is 1. The molecule has 4 aromatic rings. The normalized spacial score (nSPS) is 15.4. The number of amides is 2. The molecule has 0 aliphatic carbocycles. The zero-order chi connectivity index (χ0) is 40.6. The van der Waals surface area contributed by atoms with E-state index in [0.717, 1.165) is 40.9 Å². The maximum atomic E-state index is 14.1. The minimum absolute atomic E-state index is 0.00138. The van der Waals surface area contributed by atoms with Crippen molar-refractivity contribution in [2.45, 2.75) is 32.0 Å². The number of sulfone groups is 1. The number of ether oxygens (including phenoxy) is 2. The summed E-state index contributed by atoms with van der Waals surface area (Å²) in [6.45, 7) is 1.62. The highest BCUT2D eigenvalue weighted by molar-refractivity contribution is 7.90. The van der Waals surface area contributed by atoms with Gasteiger partial charge in [0.15, 0.2) is 9.84 Å².